The molecule has 0 saturated heterocycles. The largest absolute Gasteiger partial charge is 0.416 e. The Balaban J connectivity index is 3.20. The summed E-state index contributed by atoms with van der Waals surface area (Å²) in [6.07, 6.45) is -3.60. The average molecular weight is 246 g/mol. The number of nitrogens with two attached hydrogens (primary N) is 1. The maximum Gasteiger partial charge on any atom is 0.416 e. The highest BCUT2D eigenvalue weighted by molar-refractivity contribution is 5.32. The van der Waals surface area contributed by atoms with Crippen molar-refractivity contribution in [2.75, 3.05) is 0 Å². The summed E-state index contributed by atoms with van der Waals surface area (Å²) < 4.78 is 38.5. The highest BCUT2D eigenvalue weighted by atomic mass is 19.4. The third kappa shape index (κ3) is 3.20. The van der Waals surface area contributed by atoms with Crippen LogP contribution in [0.4, 0.5) is 13.2 Å². The fourth-order valence-electron chi connectivity index (χ4n) is 1.82. The zero-order valence-electron chi connectivity index (χ0n) is 9.88. The average Bonchev–Trinajstić information content (AvgIpc) is 2.29. The van der Waals surface area contributed by atoms with Crippen LogP contribution in [-0.4, -0.2) is 0 Å². The first-order valence-corrected chi connectivity index (χ1v) is 5.54. The molecule has 0 aromatic heterocycles. The topological polar surface area (TPSA) is 38.0 Å². The van der Waals surface area contributed by atoms with E-state index in [1.54, 1.807) is 6.07 Å². The first-order chi connectivity index (χ1) is 7.91. The lowest BCUT2D eigenvalue weighted by Crippen LogP contribution is -2.33. The predicted octanol–water partition coefficient (Wildman–Crippen LogP) is 3.26. The standard InChI is InChI=1S/C12H17F3N2/c1-3-8(2)11(17-16)9-6-4-5-7-10(9)12(13,14)15/h4-8,11,17H,3,16H2,1-2H3. The number of halogens is 3. The number of hydrogen-bond donors (Lipinski definition) is 2. The number of nitrogens with one attached hydrogen (secondary N) is 1. The molecule has 2 nitrogen and oxygen atoms in total. The summed E-state index contributed by atoms with van der Waals surface area (Å²) in [5.74, 6) is 5.41. The summed E-state index contributed by atoms with van der Waals surface area (Å²) in [5, 5.41) is 0. The Morgan fingerprint density at radius 3 is 2.35 bits per heavy atom. The van der Waals surface area contributed by atoms with Crippen LogP contribution in [0.2, 0.25) is 0 Å². The van der Waals surface area contributed by atoms with Gasteiger partial charge in [0.1, 0.15) is 0 Å². The molecule has 0 spiro atoms. The van der Waals surface area contributed by atoms with E-state index in [0.717, 1.165) is 12.5 Å². The van der Waals surface area contributed by atoms with E-state index in [9.17, 15) is 13.2 Å². The van der Waals surface area contributed by atoms with Gasteiger partial charge in [0, 0.05) is 6.04 Å². The Labute approximate surface area is 99.0 Å². The van der Waals surface area contributed by atoms with Crippen molar-refractivity contribution in [3.63, 3.8) is 0 Å². The molecule has 3 N–H and O–H groups in total. The van der Waals surface area contributed by atoms with Crippen LogP contribution in [0.15, 0.2) is 24.3 Å². The van der Waals surface area contributed by atoms with Gasteiger partial charge in [-0.2, -0.15) is 13.2 Å². The molecule has 1 rings (SSSR count). The van der Waals surface area contributed by atoms with Gasteiger partial charge in [-0.3, -0.25) is 11.3 Å². The van der Waals surface area contributed by atoms with Crippen LogP contribution < -0.4 is 11.3 Å². The van der Waals surface area contributed by atoms with E-state index in [1.165, 1.54) is 12.1 Å². The molecule has 17 heavy (non-hydrogen) atoms. The van der Waals surface area contributed by atoms with Crippen LogP contribution in [-0.2, 0) is 6.18 Å². The maximum absolute atomic E-state index is 12.8. The Morgan fingerprint density at radius 2 is 1.88 bits per heavy atom. The first-order valence-electron chi connectivity index (χ1n) is 5.54. The van der Waals surface area contributed by atoms with Crippen LogP contribution in [0.3, 0.4) is 0 Å². The highest BCUT2D eigenvalue weighted by Gasteiger charge is 2.35. The second-order valence-corrected chi connectivity index (χ2v) is 4.11. The summed E-state index contributed by atoms with van der Waals surface area (Å²) in [5.41, 5.74) is 2.06. The zero-order chi connectivity index (χ0) is 13.1. The minimum Gasteiger partial charge on any atom is -0.271 e. The van der Waals surface area contributed by atoms with Crippen LogP contribution in [0.25, 0.3) is 0 Å². The third-order valence-corrected chi connectivity index (χ3v) is 2.99. The first kappa shape index (κ1) is 14.0. The minimum atomic E-state index is -4.35. The van der Waals surface area contributed by atoms with E-state index in [2.05, 4.69) is 5.43 Å². The van der Waals surface area contributed by atoms with Crippen molar-refractivity contribution < 1.29 is 13.2 Å². The van der Waals surface area contributed by atoms with E-state index in [1.807, 2.05) is 13.8 Å². The summed E-state index contributed by atoms with van der Waals surface area (Å²) in [4.78, 5) is 0. The molecule has 0 saturated carbocycles. The molecule has 0 aliphatic heterocycles. The number of hydrogen-bond acceptors (Lipinski definition) is 2. The second kappa shape index (κ2) is 5.51. The van der Waals surface area contributed by atoms with Crippen molar-refractivity contribution in [1.29, 1.82) is 0 Å². The van der Waals surface area contributed by atoms with Gasteiger partial charge in [-0.15, -0.1) is 0 Å². The summed E-state index contributed by atoms with van der Waals surface area (Å²) >= 11 is 0. The van der Waals surface area contributed by atoms with Crippen molar-refractivity contribution in [2.45, 2.75) is 32.5 Å². The van der Waals surface area contributed by atoms with E-state index >= 15 is 0 Å². The molecule has 0 heterocycles. The second-order valence-electron chi connectivity index (χ2n) is 4.11. The van der Waals surface area contributed by atoms with Gasteiger partial charge in [-0.05, 0) is 17.5 Å². The molecule has 0 bridgehead atoms. The SMILES string of the molecule is CCC(C)C(NN)c1ccccc1C(F)(F)F. The smallest absolute Gasteiger partial charge is 0.271 e. The van der Waals surface area contributed by atoms with Crippen molar-refractivity contribution in [3.05, 3.63) is 35.4 Å². The molecular formula is C12H17F3N2. The van der Waals surface area contributed by atoms with E-state index < -0.39 is 17.8 Å². The van der Waals surface area contributed by atoms with Gasteiger partial charge < -0.3 is 0 Å². The molecule has 5 heteroatoms. The van der Waals surface area contributed by atoms with Gasteiger partial charge in [0.05, 0.1) is 5.56 Å². The van der Waals surface area contributed by atoms with E-state index in [0.29, 0.717) is 0 Å². The van der Waals surface area contributed by atoms with Crippen LogP contribution in [0.5, 0.6) is 0 Å². The summed E-state index contributed by atoms with van der Waals surface area (Å²) in [7, 11) is 0. The lowest BCUT2D eigenvalue weighted by atomic mass is 9.90. The highest BCUT2D eigenvalue weighted by Crippen LogP contribution is 2.36. The zero-order valence-corrected chi connectivity index (χ0v) is 9.88. The van der Waals surface area contributed by atoms with Crippen LogP contribution in [0, 0.1) is 5.92 Å². The van der Waals surface area contributed by atoms with Gasteiger partial charge in [0.2, 0.25) is 0 Å². The quantitative estimate of drug-likeness (QED) is 0.632. The molecule has 1 aromatic carbocycles. The molecule has 0 aliphatic rings. The minimum absolute atomic E-state index is 0.0310. The molecule has 1 aromatic rings. The maximum atomic E-state index is 12.8. The molecule has 0 radical (unpaired) electrons. The van der Waals surface area contributed by atoms with E-state index in [4.69, 9.17) is 5.84 Å². The van der Waals surface area contributed by atoms with Crippen molar-refractivity contribution in [3.8, 4) is 0 Å². The van der Waals surface area contributed by atoms with Crippen molar-refractivity contribution in [1.82, 2.24) is 5.43 Å². The molecule has 2 unspecified atom stereocenters. The van der Waals surface area contributed by atoms with Crippen molar-refractivity contribution in [2.24, 2.45) is 11.8 Å². The van der Waals surface area contributed by atoms with Gasteiger partial charge in [0.15, 0.2) is 0 Å². The molecule has 0 amide bonds. The number of benzene rings is 1. The van der Waals surface area contributed by atoms with Gasteiger partial charge in [-0.25, -0.2) is 0 Å². The Bertz CT molecular complexity index is 363. The predicted molar refractivity (Wildman–Crippen MR) is 61.0 cm³/mol. The molecular weight excluding hydrogens is 229 g/mol. The van der Waals surface area contributed by atoms with Crippen molar-refractivity contribution >= 4 is 0 Å². The Hall–Kier alpha value is -1.07. The third-order valence-electron chi connectivity index (χ3n) is 2.99. The number of rotatable bonds is 4. The monoisotopic (exact) mass is 246 g/mol. The van der Waals surface area contributed by atoms with Gasteiger partial charge >= 0.3 is 6.18 Å². The summed E-state index contributed by atoms with van der Waals surface area (Å²) in [6.45, 7) is 3.79. The lowest BCUT2D eigenvalue weighted by Gasteiger charge is -2.25. The number of hydrazine groups is 1. The number of alkyl halides is 3. The normalized spacial score (nSPS) is 15.6. The van der Waals surface area contributed by atoms with Gasteiger partial charge in [-0.1, -0.05) is 38.5 Å². The van der Waals surface area contributed by atoms with Crippen LogP contribution >= 0.6 is 0 Å². The summed E-state index contributed by atoms with van der Waals surface area (Å²) in [6, 6.07) is 5.05. The Kier molecular flexibility index (Phi) is 4.54. The molecule has 2 atom stereocenters. The Morgan fingerprint density at radius 1 is 1.29 bits per heavy atom. The van der Waals surface area contributed by atoms with Crippen LogP contribution in [0.1, 0.15) is 37.4 Å². The molecule has 96 valence electrons. The fourth-order valence-corrected chi connectivity index (χ4v) is 1.82. The van der Waals surface area contributed by atoms with Gasteiger partial charge in [0.25, 0.3) is 0 Å². The molecule has 0 fully saturated rings. The van der Waals surface area contributed by atoms with E-state index in [-0.39, 0.29) is 11.5 Å². The fraction of sp³-hybridized carbons (Fsp3) is 0.500. The molecule has 0 aliphatic carbocycles. The lowest BCUT2D eigenvalue weighted by molar-refractivity contribution is -0.138.